The molecule has 1 aliphatic heterocycles. The number of likely N-dealkylation sites (tertiary alicyclic amines) is 1. The van der Waals surface area contributed by atoms with Crippen molar-refractivity contribution in [3.8, 4) is 0 Å². The van der Waals surface area contributed by atoms with Crippen LogP contribution in [0.3, 0.4) is 0 Å². The average molecular weight is 348 g/mol. The molecular weight excluding hydrogens is 316 g/mol. The molecule has 2 heterocycles. The Labute approximate surface area is 150 Å². The third-order valence-corrected chi connectivity index (χ3v) is 5.69. The predicted octanol–water partition coefficient (Wildman–Crippen LogP) is 3.04. The second kappa shape index (κ2) is 8.30. The van der Waals surface area contributed by atoms with Gasteiger partial charge in [0.05, 0.1) is 0 Å². The van der Waals surface area contributed by atoms with Crippen LogP contribution in [0.1, 0.15) is 82.8 Å². The van der Waals surface area contributed by atoms with E-state index in [2.05, 4.69) is 20.4 Å². The van der Waals surface area contributed by atoms with Gasteiger partial charge in [0, 0.05) is 18.9 Å². The fraction of sp³-hybridized carbons (Fsp3) is 0.842. The van der Waals surface area contributed by atoms with Crippen LogP contribution in [0.2, 0.25) is 0 Å². The lowest BCUT2D eigenvalue weighted by Gasteiger charge is -2.46. The van der Waals surface area contributed by atoms with Crippen molar-refractivity contribution < 1.29 is 9.32 Å². The number of hydrogen-bond donors (Lipinski definition) is 1. The molecule has 1 aromatic rings. The molecule has 1 aliphatic carbocycles. The number of carbonyl (C=O) groups is 1. The summed E-state index contributed by atoms with van der Waals surface area (Å²) in [7, 11) is 0. The largest absolute Gasteiger partial charge is 0.354 e. The highest BCUT2D eigenvalue weighted by molar-refractivity contribution is 5.86. The average Bonchev–Trinajstić information content (AvgIpc) is 3.12. The summed E-state index contributed by atoms with van der Waals surface area (Å²) < 4.78 is 5.27. The van der Waals surface area contributed by atoms with E-state index in [1.165, 1.54) is 25.7 Å². The zero-order valence-corrected chi connectivity index (χ0v) is 15.7. The van der Waals surface area contributed by atoms with Crippen LogP contribution in [-0.4, -0.2) is 46.1 Å². The molecule has 0 aromatic carbocycles. The number of nitrogens with zero attached hydrogens (tertiary/aromatic N) is 3. The van der Waals surface area contributed by atoms with Crippen molar-refractivity contribution in [2.75, 3.05) is 19.6 Å². The molecule has 1 amide bonds. The van der Waals surface area contributed by atoms with Gasteiger partial charge in [-0.3, -0.25) is 9.69 Å². The third kappa shape index (κ3) is 4.22. The molecule has 6 nitrogen and oxygen atoms in total. The van der Waals surface area contributed by atoms with Crippen LogP contribution in [0, 0.1) is 0 Å². The van der Waals surface area contributed by atoms with Gasteiger partial charge in [0.25, 0.3) is 0 Å². The van der Waals surface area contributed by atoms with E-state index in [1.807, 2.05) is 13.8 Å². The van der Waals surface area contributed by atoms with Crippen LogP contribution >= 0.6 is 0 Å². The van der Waals surface area contributed by atoms with E-state index in [-0.39, 0.29) is 17.4 Å². The maximum Gasteiger partial charge on any atom is 0.240 e. The Balaban J connectivity index is 1.58. The van der Waals surface area contributed by atoms with Gasteiger partial charge in [-0.05, 0) is 38.8 Å². The highest BCUT2D eigenvalue weighted by Crippen LogP contribution is 2.35. The highest BCUT2D eigenvalue weighted by atomic mass is 16.5. The molecule has 1 N–H and O–H groups in total. The van der Waals surface area contributed by atoms with Gasteiger partial charge in [-0.1, -0.05) is 44.7 Å². The van der Waals surface area contributed by atoms with Crippen molar-refractivity contribution in [2.24, 2.45) is 0 Å². The molecule has 0 unspecified atom stereocenters. The van der Waals surface area contributed by atoms with E-state index in [9.17, 15) is 4.79 Å². The first-order chi connectivity index (χ1) is 12.1. The highest BCUT2D eigenvalue weighted by Gasteiger charge is 2.44. The summed E-state index contributed by atoms with van der Waals surface area (Å²) in [4.78, 5) is 20.0. The van der Waals surface area contributed by atoms with Gasteiger partial charge in [0.2, 0.25) is 11.8 Å². The third-order valence-electron chi connectivity index (χ3n) is 5.69. The molecule has 2 fully saturated rings. The number of nitrogens with one attached hydrogen (secondary N) is 1. The minimum Gasteiger partial charge on any atom is -0.354 e. The summed E-state index contributed by atoms with van der Waals surface area (Å²) in [6.07, 6.45) is 9.89. The summed E-state index contributed by atoms with van der Waals surface area (Å²) in [6, 6.07) is 0. The topological polar surface area (TPSA) is 71.3 Å². The van der Waals surface area contributed by atoms with Crippen molar-refractivity contribution in [3.05, 3.63) is 11.7 Å². The molecule has 0 bridgehead atoms. The van der Waals surface area contributed by atoms with Crippen LogP contribution < -0.4 is 5.32 Å². The normalized spacial score (nSPS) is 21.4. The number of aromatic nitrogens is 2. The summed E-state index contributed by atoms with van der Waals surface area (Å²) in [5.74, 6) is 1.81. The Morgan fingerprint density at radius 2 is 1.84 bits per heavy atom. The van der Waals surface area contributed by atoms with Crippen LogP contribution in [0.25, 0.3) is 0 Å². The van der Waals surface area contributed by atoms with Gasteiger partial charge in [-0.25, -0.2) is 0 Å². The lowest BCUT2D eigenvalue weighted by Crippen LogP contribution is -2.61. The number of rotatable bonds is 6. The minimum absolute atomic E-state index is 0.206. The minimum atomic E-state index is -0.281. The lowest BCUT2D eigenvalue weighted by molar-refractivity contribution is -0.137. The molecule has 1 saturated heterocycles. The van der Waals surface area contributed by atoms with E-state index in [1.54, 1.807) is 0 Å². The maximum absolute atomic E-state index is 13.1. The first kappa shape index (κ1) is 18.4. The second-order valence-corrected chi connectivity index (χ2v) is 7.85. The molecule has 0 spiro atoms. The van der Waals surface area contributed by atoms with Crippen LogP contribution in [0.5, 0.6) is 0 Å². The molecule has 25 heavy (non-hydrogen) atoms. The van der Waals surface area contributed by atoms with E-state index in [4.69, 9.17) is 4.52 Å². The summed E-state index contributed by atoms with van der Waals surface area (Å²) in [6.45, 7) is 6.78. The van der Waals surface area contributed by atoms with E-state index in [0.717, 1.165) is 44.6 Å². The Morgan fingerprint density at radius 3 is 2.48 bits per heavy atom. The Kier molecular flexibility index (Phi) is 6.10. The van der Waals surface area contributed by atoms with Crippen LogP contribution in [-0.2, 0) is 11.2 Å². The zero-order chi connectivity index (χ0) is 17.7. The number of hydrogen-bond acceptors (Lipinski definition) is 5. The molecule has 0 atom stereocenters. The smallest absolute Gasteiger partial charge is 0.240 e. The fourth-order valence-corrected chi connectivity index (χ4v) is 4.20. The summed E-state index contributed by atoms with van der Waals surface area (Å²) in [5, 5.41) is 7.15. The molecule has 6 heteroatoms. The second-order valence-electron chi connectivity index (χ2n) is 7.85. The van der Waals surface area contributed by atoms with Crippen molar-refractivity contribution in [1.82, 2.24) is 20.4 Å². The summed E-state index contributed by atoms with van der Waals surface area (Å²) in [5.41, 5.74) is -0.281. The summed E-state index contributed by atoms with van der Waals surface area (Å²) >= 11 is 0. The number of carbonyl (C=O) groups excluding carboxylic acids is 1. The van der Waals surface area contributed by atoms with Gasteiger partial charge in [0.1, 0.15) is 5.54 Å². The molecule has 140 valence electrons. The van der Waals surface area contributed by atoms with Crippen molar-refractivity contribution in [2.45, 2.75) is 83.1 Å². The molecule has 1 saturated carbocycles. The monoisotopic (exact) mass is 348 g/mol. The maximum atomic E-state index is 13.1. The van der Waals surface area contributed by atoms with Crippen molar-refractivity contribution >= 4 is 5.91 Å². The van der Waals surface area contributed by atoms with Gasteiger partial charge in [0.15, 0.2) is 5.82 Å². The number of piperidine rings is 1. The van der Waals surface area contributed by atoms with Gasteiger partial charge in [-0.2, -0.15) is 4.98 Å². The van der Waals surface area contributed by atoms with Gasteiger partial charge >= 0.3 is 0 Å². The molecule has 1 aromatic heterocycles. The standard InChI is InChI=1S/C19H32N4O2/c1-15(2)17-21-16(25-22-17)9-12-20-18(24)19(10-5-3-6-11-19)23-13-7-4-8-14-23/h15H,3-14H2,1-2H3,(H,20,24). The van der Waals surface area contributed by atoms with Gasteiger partial charge in [-0.15, -0.1) is 0 Å². The fourth-order valence-electron chi connectivity index (χ4n) is 4.20. The first-order valence-corrected chi connectivity index (χ1v) is 9.98. The van der Waals surface area contributed by atoms with E-state index < -0.39 is 0 Å². The first-order valence-electron chi connectivity index (χ1n) is 9.98. The lowest BCUT2D eigenvalue weighted by atomic mass is 9.78. The number of amides is 1. The van der Waals surface area contributed by atoms with E-state index in [0.29, 0.717) is 18.9 Å². The quantitative estimate of drug-likeness (QED) is 0.855. The molecule has 2 aliphatic rings. The van der Waals surface area contributed by atoms with Gasteiger partial charge < -0.3 is 9.84 Å². The van der Waals surface area contributed by atoms with E-state index >= 15 is 0 Å². The van der Waals surface area contributed by atoms with Crippen LogP contribution in [0.4, 0.5) is 0 Å². The molecular formula is C19H32N4O2. The zero-order valence-electron chi connectivity index (χ0n) is 15.7. The Bertz CT molecular complexity index is 558. The van der Waals surface area contributed by atoms with Crippen molar-refractivity contribution in [1.29, 1.82) is 0 Å². The van der Waals surface area contributed by atoms with Crippen LogP contribution in [0.15, 0.2) is 4.52 Å². The Morgan fingerprint density at radius 1 is 1.16 bits per heavy atom. The molecule has 0 radical (unpaired) electrons. The predicted molar refractivity (Wildman–Crippen MR) is 96.3 cm³/mol. The van der Waals surface area contributed by atoms with Crippen molar-refractivity contribution in [3.63, 3.8) is 0 Å². The molecule has 3 rings (SSSR count). The SMILES string of the molecule is CC(C)c1noc(CCNC(=O)C2(N3CCCCC3)CCCCC2)n1. The Hall–Kier alpha value is -1.43.